The molecule has 0 bridgehead atoms. The summed E-state index contributed by atoms with van der Waals surface area (Å²) in [6, 6.07) is 0. The van der Waals surface area contributed by atoms with Gasteiger partial charge >= 0.3 is 0 Å². The van der Waals surface area contributed by atoms with Gasteiger partial charge in [0, 0.05) is 5.54 Å². The van der Waals surface area contributed by atoms with Gasteiger partial charge in [0.05, 0.1) is 18.7 Å². The van der Waals surface area contributed by atoms with Crippen molar-refractivity contribution >= 4 is 5.91 Å². The zero-order chi connectivity index (χ0) is 9.90. The molecular formula is C9H15N3O. The van der Waals surface area contributed by atoms with Crippen LogP contribution in [-0.2, 0) is 4.79 Å². The minimum atomic E-state index is -0.173. The van der Waals surface area contributed by atoms with E-state index in [0.717, 1.165) is 5.70 Å². The Morgan fingerprint density at radius 1 is 1.62 bits per heavy atom. The van der Waals surface area contributed by atoms with Crippen LogP contribution >= 0.6 is 0 Å². The average molecular weight is 181 g/mol. The molecule has 4 nitrogen and oxygen atoms in total. The predicted molar refractivity (Wildman–Crippen MR) is 50.3 cm³/mol. The molecule has 13 heavy (non-hydrogen) atoms. The maximum absolute atomic E-state index is 11.4. The molecule has 1 amide bonds. The fraction of sp³-hybridized carbons (Fsp3) is 0.667. The van der Waals surface area contributed by atoms with Gasteiger partial charge in [-0.2, -0.15) is 10.2 Å². The predicted octanol–water partition coefficient (Wildman–Crippen LogP) is 1.64. The second-order valence-corrected chi connectivity index (χ2v) is 4.09. The molecule has 0 spiro atoms. The number of amides is 1. The van der Waals surface area contributed by atoms with Crippen molar-refractivity contribution in [2.45, 2.75) is 32.7 Å². The van der Waals surface area contributed by atoms with Gasteiger partial charge in [0.15, 0.2) is 0 Å². The van der Waals surface area contributed by atoms with Crippen LogP contribution in [0.25, 0.3) is 0 Å². The molecule has 1 N–H and O–H groups in total. The van der Waals surface area contributed by atoms with Crippen molar-refractivity contribution in [3.05, 3.63) is 11.8 Å². The van der Waals surface area contributed by atoms with E-state index in [9.17, 15) is 4.79 Å². The third kappa shape index (κ3) is 3.83. The quantitative estimate of drug-likeness (QED) is 0.691. The minimum Gasteiger partial charge on any atom is -0.351 e. The Kier molecular flexibility index (Phi) is 2.80. The topological polar surface area (TPSA) is 53.8 Å². The summed E-state index contributed by atoms with van der Waals surface area (Å²) >= 11 is 0. The zero-order valence-corrected chi connectivity index (χ0v) is 8.29. The minimum absolute atomic E-state index is 0.000370. The molecule has 0 saturated carbocycles. The summed E-state index contributed by atoms with van der Waals surface area (Å²) in [5.41, 5.74) is 0.592. The van der Waals surface area contributed by atoms with E-state index in [0.29, 0.717) is 13.0 Å². The van der Waals surface area contributed by atoms with Gasteiger partial charge in [0.1, 0.15) is 0 Å². The number of nitrogens with one attached hydrogen (secondary N) is 1. The van der Waals surface area contributed by atoms with Crippen molar-refractivity contribution in [2.24, 2.45) is 10.2 Å². The summed E-state index contributed by atoms with van der Waals surface area (Å²) in [6.45, 7) is 6.47. The second kappa shape index (κ2) is 3.68. The van der Waals surface area contributed by atoms with Crippen LogP contribution < -0.4 is 5.32 Å². The lowest BCUT2D eigenvalue weighted by Gasteiger charge is -2.20. The Morgan fingerprint density at radius 2 is 2.31 bits per heavy atom. The third-order valence-electron chi connectivity index (χ3n) is 1.46. The van der Waals surface area contributed by atoms with Gasteiger partial charge in [-0.25, -0.2) is 0 Å². The van der Waals surface area contributed by atoms with E-state index >= 15 is 0 Å². The smallest absolute Gasteiger partial charge is 0.226 e. The first-order valence-electron chi connectivity index (χ1n) is 4.35. The van der Waals surface area contributed by atoms with Crippen LogP contribution in [0.4, 0.5) is 0 Å². The number of hydrogen-bond donors (Lipinski definition) is 1. The maximum atomic E-state index is 11.4. The van der Waals surface area contributed by atoms with Gasteiger partial charge < -0.3 is 5.32 Å². The van der Waals surface area contributed by atoms with Crippen molar-refractivity contribution < 1.29 is 4.79 Å². The summed E-state index contributed by atoms with van der Waals surface area (Å²) in [5, 5.41) is 10.5. The van der Waals surface area contributed by atoms with E-state index in [-0.39, 0.29) is 11.4 Å². The van der Waals surface area contributed by atoms with Crippen molar-refractivity contribution in [3.8, 4) is 0 Å². The molecular weight excluding hydrogens is 166 g/mol. The van der Waals surface area contributed by atoms with Crippen LogP contribution in [0.3, 0.4) is 0 Å². The zero-order valence-electron chi connectivity index (χ0n) is 8.29. The van der Waals surface area contributed by atoms with Gasteiger partial charge in [-0.15, -0.1) is 0 Å². The lowest BCUT2D eigenvalue weighted by molar-refractivity contribution is -0.121. The normalized spacial score (nSPS) is 15.8. The molecule has 0 aromatic heterocycles. The molecule has 72 valence electrons. The Morgan fingerprint density at radius 3 is 2.77 bits per heavy atom. The van der Waals surface area contributed by atoms with Crippen LogP contribution in [-0.4, -0.2) is 18.0 Å². The number of carbonyl (C=O) groups is 1. The Hall–Kier alpha value is -1.19. The van der Waals surface area contributed by atoms with E-state index in [1.165, 1.54) is 0 Å². The van der Waals surface area contributed by atoms with E-state index in [1.807, 2.05) is 26.8 Å². The molecule has 0 fully saturated rings. The molecule has 1 aliphatic rings. The first kappa shape index (κ1) is 9.89. The van der Waals surface area contributed by atoms with Gasteiger partial charge in [-0.3, -0.25) is 4.79 Å². The highest BCUT2D eigenvalue weighted by molar-refractivity contribution is 5.79. The summed E-state index contributed by atoms with van der Waals surface area (Å²) in [5.74, 6) is -0.000370. The summed E-state index contributed by atoms with van der Waals surface area (Å²) < 4.78 is 0. The lowest BCUT2D eigenvalue weighted by Crippen LogP contribution is -2.40. The fourth-order valence-corrected chi connectivity index (χ4v) is 1.05. The number of nitrogens with zero attached hydrogens (tertiary/aromatic N) is 2. The molecule has 0 atom stereocenters. The number of rotatable bonds is 2. The monoisotopic (exact) mass is 181 g/mol. The number of azo groups is 1. The van der Waals surface area contributed by atoms with E-state index in [1.54, 1.807) is 0 Å². The highest BCUT2D eigenvalue weighted by Gasteiger charge is 2.15. The molecule has 1 aliphatic heterocycles. The van der Waals surface area contributed by atoms with Crippen LogP contribution in [0.2, 0.25) is 0 Å². The van der Waals surface area contributed by atoms with Crippen molar-refractivity contribution in [3.63, 3.8) is 0 Å². The molecule has 0 aromatic rings. The maximum Gasteiger partial charge on any atom is 0.226 e. The first-order chi connectivity index (χ1) is 5.97. The largest absolute Gasteiger partial charge is 0.351 e. The van der Waals surface area contributed by atoms with Crippen LogP contribution in [0.5, 0.6) is 0 Å². The average Bonchev–Trinajstić information content (AvgIpc) is 2.34. The lowest BCUT2D eigenvalue weighted by atomic mass is 10.1. The number of carbonyl (C=O) groups excluding carboxylic acids is 1. The van der Waals surface area contributed by atoms with Crippen molar-refractivity contribution in [2.75, 3.05) is 6.54 Å². The van der Waals surface area contributed by atoms with Crippen LogP contribution in [0.15, 0.2) is 22.0 Å². The Labute approximate surface area is 78.1 Å². The SMILES string of the molecule is CC(C)(C)NC(=O)CC1=CCN=N1. The Balaban J connectivity index is 2.38. The third-order valence-corrected chi connectivity index (χ3v) is 1.46. The molecule has 0 saturated heterocycles. The van der Waals surface area contributed by atoms with E-state index < -0.39 is 0 Å². The molecule has 0 unspecified atom stereocenters. The highest BCUT2D eigenvalue weighted by atomic mass is 16.1. The summed E-state index contributed by atoms with van der Waals surface area (Å²) in [7, 11) is 0. The van der Waals surface area contributed by atoms with Gasteiger partial charge in [-0.05, 0) is 26.8 Å². The van der Waals surface area contributed by atoms with E-state index in [4.69, 9.17) is 0 Å². The summed E-state index contributed by atoms with van der Waals surface area (Å²) in [6.07, 6.45) is 2.20. The molecule has 0 aliphatic carbocycles. The second-order valence-electron chi connectivity index (χ2n) is 4.09. The van der Waals surface area contributed by atoms with Crippen molar-refractivity contribution in [1.82, 2.24) is 5.32 Å². The number of hydrogen-bond acceptors (Lipinski definition) is 3. The molecule has 1 rings (SSSR count). The Bertz CT molecular complexity index is 261. The van der Waals surface area contributed by atoms with Gasteiger partial charge in [0.2, 0.25) is 5.91 Å². The highest BCUT2D eigenvalue weighted by Crippen LogP contribution is 2.10. The van der Waals surface area contributed by atoms with Crippen LogP contribution in [0.1, 0.15) is 27.2 Å². The summed E-state index contributed by atoms with van der Waals surface area (Å²) in [4.78, 5) is 11.4. The molecule has 0 radical (unpaired) electrons. The van der Waals surface area contributed by atoms with E-state index in [2.05, 4.69) is 15.5 Å². The standard InChI is InChI=1S/C9H15N3O/c1-9(2,3)11-8(13)6-7-4-5-10-12-7/h4H,5-6H2,1-3H3,(H,11,13). The van der Waals surface area contributed by atoms with Crippen molar-refractivity contribution in [1.29, 1.82) is 0 Å². The van der Waals surface area contributed by atoms with Gasteiger partial charge in [0.25, 0.3) is 0 Å². The molecule has 0 aromatic carbocycles. The fourth-order valence-electron chi connectivity index (χ4n) is 1.05. The first-order valence-corrected chi connectivity index (χ1v) is 4.35. The van der Waals surface area contributed by atoms with Crippen LogP contribution in [0, 0.1) is 0 Å². The van der Waals surface area contributed by atoms with Gasteiger partial charge in [-0.1, -0.05) is 0 Å². The molecule has 4 heteroatoms. The molecule has 1 heterocycles.